The molecule has 0 saturated carbocycles. The summed E-state index contributed by atoms with van der Waals surface area (Å²) in [6.45, 7) is 0.798. The highest BCUT2D eigenvalue weighted by atomic mass is 19.1. The number of carbonyl (C=O) groups is 2. The number of halogens is 1. The molecule has 2 aromatic carbocycles. The summed E-state index contributed by atoms with van der Waals surface area (Å²) in [6.07, 6.45) is 1.80. The number of carboxylic acid groups (broad SMARTS) is 1. The van der Waals surface area contributed by atoms with E-state index in [-0.39, 0.29) is 18.7 Å². The van der Waals surface area contributed by atoms with E-state index in [4.69, 9.17) is 5.11 Å². The van der Waals surface area contributed by atoms with Gasteiger partial charge in [-0.1, -0.05) is 12.1 Å². The average Bonchev–Trinajstić information content (AvgIpc) is 3.11. The molecule has 34 heavy (non-hydrogen) atoms. The maximum atomic E-state index is 13.8. The molecule has 0 radical (unpaired) electrons. The molecule has 0 unspecified atom stereocenters. The molecular weight excluding hydrogens is 435 g/mol. The van der Waals surface area contributed by atoms with Crippen LogP contribution in [0.2, 0.25) is 0 Å². The lowest BCUT2D eigenvalue weighted by Gasteiger charge is -2.16. The van der Waals surface area contributed by atoms with E-state index in [0.717, 1.165) is 17.8 Å². The van der Waals surface area contributed by atoms with Crippen molar-refractivity contribution in [1.29, 1.82) is 0 Å². The van der Waals surface area contributed by atoms with Gasteiger partial charge in [0.05, 0.1) is 23.4 Å². The largest absolute Gasteiger partial charge is 0.481 e. The van der Waals surface area contributed by atoms with E-state index in [1.807, 2.05) is 38.4 Å². The predicted molar refractivity (Wildman–Crippen MR) is 129 cm³/mol. The van der Waals surface area contributed by atoms with E-state index in [2.05, 4.69) is 20.5 Å². The van der Waals surface area contributed by atoms with Crippen molar-refractivity contribution in [3.8, 4) is 0 Å². The van der Waals surface area contributed by atoms with Crippen molar-refractivity contribution in [2.75, 3.05) is 24.7 Å². The van der Waals surface area contributed by atoms with Crippen molar-refractivity contribution < 1.29 is 19.1 Å². The first kappa shape index (κ1) is 23.1. The van der Waals surface area contributed by atoms with Crippen LogP contribution in [0.5, 0.6) is 0 Å². The minimum Gasteiger partial charge on any atom is -0.481 e. The molecule has 1 aliphatic rings. The normalized spacial score (nSPS) is 14.1. The van der Waals surface area contributed by atoms with Crippen LogP contribution in [-0.2, 0) is 22.6 Å². The molecule has 0 spiro atoms. The summed E-state index contributed by atoms with van der Waals surface area (Å²) in [5.74, 6) is -1.70. The third-order valence-electron chi connectivity index (χ3n) is 5.40. The molecule has 2 heterocycles. The number of pyridine rings is 1. The molecule has 0 saturated heterocycles. The van der Waals surface area contributed by atoms with Gasteiger partial charge in [0.2, 0.25) is 0 Å². The number of aryl methyl sites for hydroxylation is 1. The number of fused-ring (bicyclic) bond motifs is 1. The van der Waals surface area contributed by atoms with Crippen LogP contribution in [0.15, 0.2) is 60.8 Å². The van der Waals surface area contributed by atoms with Gasteiger partial charge in [-0.2, -0.15) is 0 Å². The van der Waals surface area contributed by atoms with Crippen LogP contribution >= 0.6 is 0 Å². The second kappa shape index (κ2) is 9.84. The van der Waals surface area contributed by atoms with Gasteiger partial charge in [-0.3, -0.25) is 14.6 Å². The second-order valence-corrected chi connectivity index (χ2v) is 8.38. The molecule has 3 N–H and O–H groups in total. The van der Waals surface area contributed by atoms with E-state index in [0.29, 0.717) is 33.8 Å². The number of carboxylic acids is 1. The van der Waals surface area contributed by atoms with Crippen molar-refractivity contribution in [3.05, 3.63) is 89.0 Å². The molecule has 0 atom stereocenters. The Bertz CT molecular complexity index is 1270. The van der Waals surface area contributed by atoms with Gasteiger partial charge < -0.3 is 20.6 Å². The van der Waals surface area contributed by atoms with Gasteiger partial charge in [0, 0.05) is 41.7 Å². The van der Waals surface area contributed by atoms with Crippen molar-refractivity contribution in [1.82, 2.24) is 9.88 Å². The van der Waals surface area contributed by atoms with Crippen LogP contribution < -0.4 is 10.6 Å². The van der Waals surface area contributed by atoms with Crippen molar-refractivity contribution >= 4 is 34.5 Å². The van der Waals surface area contributed by atoms with E-state index >= 15 is 0 Å². The Morgan fingerprint density at radius 3 is 2.59 bits per heavy atom. The summed E-state index contributed by atoms with van der Waals surface area (Å²) in [6, 6.07) is 15.6. The number of anilines is 2. The number of nitrogens with one attached hydrogen (secondary N) is 2. The molecule has 7 nitrogen and oxygen atoms in total. The first-order valence-electron chi connectivity index (χ1n) is 10.8. The number of rotatable bonds is 8. The minimum atomic E-state index is -0.909. The average molecular weight is 461 g/mol. The Kier molecular flexibility index (Phi) is 6.70. The molecule has 1 aliphatic heterocycles. The highest BCUT2D eigenvalue weighted by Crippen LogP contribution is 2.38. The molecule has 0 bridgehead atoms. The van der Waals surface area contributed by atoms with Crippen LogP contribution in [0.4, 0.5) is 15.8 Å². The zero-order valence-electron chi connectivity index (χ0n) is 18.9. The minimum absolute atomic E-state index is 0.0499. The third-order valence-corrected chi connectivity index (χ3v) is 5.40. The Morgan fingerprint density at radius 2 is 1.88 bits per heavy atom. The first-order chi connectivity index (χ1) is 16.3. The molecule has 174 valence electrons. The summed E-state index contributed by atoms with van der Waals surface area (Å²) in [5.41, 5.74) is 5.09. The van der Waals surface area contributed by atoms with Crippen LogP contribution in [0, 0.1) is 5.82 Å². The molecule has 1 amide bonds. The highest BCUT2D eigenvalue weighted by Gasteiger charge is 2.29. The summed E-state index contributed by atoms with van der Waals surface area (Å²) in [7, 11) is 4.00. The molecule has 3 aromatic rings. The van der Waals surface area contributed by atoms with Gasteiger partial charge in [0.25, 0.3) is 5.91 Å². The number of hydrogen-bond acceptors (Lipinski definition) is 5. The fourth-order valence-corrected chi connectivity index (χ4v) is 3.88. The fourth-order valence-electron chi connectivity index (χ4n) is 3.88. The van der Waals surface area contributed by atoms with E-state index in [1.54, 1.807) is 24.4 Å². The SMILES string of the molecule is CN(C)Cc1ccc(NC(=C2C(=O)Nc3cc(F)ccc32)c2ccnc(CCC(=O)O)c2)cc1. The van der Waals surface area contributed by atoms with Crippen molar-refractivity contribution in [2.45, 2.75) is 19.4 Å². The number of aliphatic carboxylic acids is 1. The summed E-state index contributed by atoms with van der Waals surface area (Å²) in [4.78, 5) is 30.3. The van der Waals surface area contributed by atoms with Crippen molar-refractivity contribution in [2.24, 2.45) is 0 Å². The predicted octanol–water partition coefficient (Wildman–Crippen LogP) is 4.23. The Labute approximate surface area is 196 Å². The molecule has 0 aliphatic carbocycles. The smallest absolute Gasteiger partial charge is 0.303 e. The number of hydrogen-bond donors (Lipinski definition) is 3. The summed E-state index contributed by atoms with van der Waals surface area (Å²) in [5, 5.41) is 15.1. The lowest BCUT2D eigenvalue weighted by atomic mass is 9.99. The lowest BCUT2D eigenvalue weighted by molar-refractivity contribution is -0.137. The zero-order valence-corrected chi connectivity index (χ0v) is 18.9. The van der Waals surface area contributed by atoms with Gasteiger partial charge >= 0.3 is 5.97 Å². The summed E-state index contributed by atoms with van der Waals surface area (Å²) < 4.78 is 13.8. The van der Waals surface area contributed by atoms with E-state index in [9.17, 15) is 14.0 Å². The van der Waals surface area contributed by atoms with Gasteiger partial charge in [-0.05, 0) is 62.1 Å². The summed E-state index contributed by atoms with van der Waals surface area (Å²) >= 11 is 0. The Morgan fingerprint density at radius 1 is 1.12 bits per heavy atom. The van der Waals surface area contributed by atoms with Gasteiger partial charge in [0.15, 0.2) is 0 Å². The lowest BCUT2D eigenvalue weighted by Crippen LogP contribution is -2.11. The monoisotopic (exact) mass is 460 g/mol. The maximum Gasteiger partial charge on any atom is 0.303 e. The second-order valence-electron chi connectivity index (χ2n) is 8.38. The topological polar surface area (TPSA) is 94.6 Å². The van der Waals surface area contributed by atoms with Gasteiger partial charge in [0.1, 0.15) is 5.82 Å². The van der Waals surface area contributed by atoms with Crippen LogP contribution in [0.3, 0.4) is 0 Å². The van der Waals surface area contributed by atoms with Gasteiger partial charge in [-0.25, -0.2) is 4.39 Å². The molecule has 8 heteroatoms. The molecular formula is C26H25FN4O3. The van der Waals surface area contributed by atoms with E-state index in [1.165, 1.54) is 12.1 Å². The maximum absolute atomic E-state index is 13.8. The third kappa shape index (κ3) is 5.29. The van der Waals surface area contributed by atoms with E-state index < -0.39 is 11.8 Å². The zero-order chi connectivity index (χ0) is 24.2. The number of benzene rings is 2. The molecule has 1 aromatic heterocycles. The Hall–Kier alpha value is -4.04. The van der Waals surface area contributed by atoms with Crippen LogP contribution in [-0.4, -0.2) is 41.0 Å². The Balaban J connectivity index is 1.78. The van der Waals surface area contributed by atoms with Crippen LogP contribution in [0.1, 0.15) is 28.8 Å². The number of aromatic nitrogens is 1. The molecule has 0 fully saturated rings. The van der Waals surface area contributed by atoms with Crippen LogP contribution in [0.25, 0.3) is 11.3 Å². The molecule has 4 rings (SSSR count). The quantitative estimate of drug-likeness (QED) is 0.436. The van der Waals surface area contributed by atoms with Gasteiger partial charge in [-0.15, -0.1) is 0 Å². The van der Waals surface area contributed by atoms with Crippen molar-refractivity contribution in [3.63, 3.8) is 0 Å². The first-order valence-corrected chi connectivity index (χ1v) is 10.8. The standard InChI is InChI=1S/C26H25FN4O3/c1-31(2)15-16-3-6-19(7-4-16)29-25(17-11-12-28-20(13-17)8-10-23(32)33)24-21-9-5-18(27)14-22(21)30-26(24)34/h3-7,9,11-14,29H,8,10,15H2,1-2H3,(H,30,34)(H,32,33). The number of carbonyl (C=O) groups excluding carboxylic acids is 1. The number of amides is 1. The fraction of sp³-hybridized carbons (Fsp3) is 0.192. The highest BCUT2D eigenvalue weighted by molar-refractivity contribution is 6.37. The number of nitrogens with zero attached hydrogens (tertiary/aromatic N) is 2.